The maximum atomic E-state index is 12.3. The zero-order valence-electron chi connectivity index (χ0n) is 14.6. The van der Waals surface area contributed by atoms with Crippen LogP contribution in [0, 0.1) is 0 Å². The van der Waals surface area contributed by atoms with Crippen LogP contribution in [0.2, 0.25) is 0 Å². The van der Waals surface area contributed by atoms with E-state index in [9.17, 15) is 9.59 Å². The molecule has 0 spiro atoms. The minimum absolute atomic E-state index is 0.0195. The molecule has 0 fully saturated rings. The maximum Gasteiger partial charge on any atom is 0.254 e. The predicted molar refractivity (Wildman–Crippen MR) is 96.2 cm³/mol. The first-order valence-corrected chi connectivity index (χ1v) is 8.46. The molecule has 0 saturated carbocycles. The van der Waals surface area contributed by atoms with E-state index in [2.05, 4.69) is 10.6 Å². The first-order valence-electron chi connectivity index (χ1n) is 8.46. The van der Waals surface area contributed by atoms with Gasteiger partial charge in [-0.1, -0.05) is 30.3 Å². The third-order valence-corrected chi connectivity index (χ3v) is 4.46. The van der Waals surface area contributed by atoms with Crippen LogP contribution >= 0.6 is 0 Å². The van der Waals surface area contributed by atoms with Crippen molar-refractivity contribution in [3.8, 4) is 5.75 Å². The molecule has 0 saturated heterocycles. The second kappa shape index (κ2) is 6.97. The molecule has 2 N–H and O–H groups in total. The van der Waals surface area contributed by atoms with Gasteiger partial charge in [-0.3, -0.25) is 9.59 Å². The summed E-state index contributed by atoms with van der Waals surface area (Å²) in [6.07, 6.45) is -0.120. The van der Waals surface area contributed by atoms with E-state index in [1.165, 1.54) is 0 Å². The van der Waals surface area contributed by atoms with Gasteiger partial charge < -0.3 is 15.4 Å². The zero-order valence-corrected chi connectivity index (χ0v) is 14.6. The minimum Gasteiger partial charge on any atom is -0.489 e. The highest BCUT2D eigenvalue weighted by Crippen LogP contribution is 2.44. The molecular formula is C20H22N2O3. The van der Waals surface area contributed by atoms with Gasteiger partial charge in [-0.2, -0.15) is 0 Å². The van der Waals surface area contributed by atoms with E-state index in [-0.39, 0.29) is 23.8 Å². The standard InChI is InChI=1S/C20H22N2O3/c1-4-22-19(23)14-10-15-17(13-8-6-5-7-9-13)12(2)25-18(15)16(11-14)20(24)21-3/h5-12,17H,4H2,1-3H3,(H,21,24)(H,22,23)/t12-,17+/m0/s1. The van der Waals surface area contributed by atoms with Gasteiger partial charge in [0.05, 0.1) is 5.56 Å². The van der Waals surface area contributed by atoms with Crippen molar-refractivity contribution in [2.24, 2.45) is 0 Å². The summed E-state index contributed by atoms with van der Waals surface area (Å²) < 4.78 is 6.03. The first-order chi connectivity index (χ1) is 12.1. The minimum atomic E-state index is -0.261. The Labute approximate surface area is 147 Å². The van der Waals surface area contributed by atoms with Crippen LogP contribution in [0.1, 0.15) is 51.6 Å². The van der Waals surface area contributed by atoms with Crippen LogP contribution in [0.25, 0.3) is 0 Å². The monoisotopic (exact) mass is 338 g/mol. The van der Waals surface area contributed by atoms with Gasteiger partial charge in [-0.25, -0.2) is 0 Å². The fourth-order valence-electron chi connectivity index (χ4n) is 3.33. The molecule has 0 aromatic heterocycles. The molecule has 0 aliphatic carbocycles. The summed E-state index contributed by atoms with van der Waals surface area (Å²) in [5.74, 6) is 0.0906. The number of rotatable bonds is 4. The molecule has 2 aromatic carbocycles. The summed E-state index contributed by atoms with van der Waals surface area (Å²) in [6.45, 7) is 4.38. The fraction of sp³-hybridized carbons (Fsp3) is 0.300. The van der Waals surface area contributed by atoms with Crippen molar-refractivity contribution >= 4 is 11.8 Å². The number of fused-ring (bicyclic) bond motifs is 1. The van der Waals surface area contributed by atoms with E-state index in [4.69, 9.17) is 4.74 Å². The number of carbonyl (C=O) groups is 2. The Hall–Kier alpha value is -2.82. The smallest absolute Gasteiger partial charge is 0.254 e. The van der Waals surface area contributed by atoms with Gasteiger partial charge in [0.2, 0.25) is 0 Å². The van der Waals surface area contributed by atoms with Crippen molar-refractivity contribution in [2.45, 2.75) is 25.9 Å². The number of ether oxygens (including phenoxy) is 1. The number of hydrogen-bond acceptors (Lipinski definition) is 3. The van der Waals surface area contributed by atoms with Crippen LogP contribution in [0.4, 0.5) is 0 Å². The lowest BCUT2D eigenvalue weighted by molar-refractivity contribution is 0.0955. The normalized spacial score (nSPS) is 18.2. The predicted octanol–water partition coefficient (Wildman–Crippen LogP) is 2.71. The Balaban J connectivity index is 2.16. The van der Waals surface area contributed by atoms with E-state index in [0.717, 1.165) is 11.1 Å². The average molecular weight is 338 g/mol. The number of carbonyl (C=O) groups excluding carboxylic acids is 2. The molecule has 5 heteroatoms. The van der Waals surface area contributed by atoms with Gasteiger partial charge in [0, 0.05) is 30.6 Å². The SMILES string of the molecule is CCNC(=O)c1cc(C(=O)NC)c2c(c1)[C@@H](c1ccccc1)[C@H](C)O2. The Kier molecular flexibility index (Phi) is 4.74. The van der Waals surface area contributed by atoms with Crippen molar-refractivity contribution in [1.29, 1.82) is 0 Å². The van der Waals surface area contributed by atoms with Crippen LogP contribution < -0.4 is 15.4 Å². The quantitative estimate of drug-likeness (QED) is 0.901. The summed E-state index contributed by atoms with van der Waals surface area (Å²) >= 11 is 0. The van der Waals surface area contributed by atoms with Crippen LogP contribution in [-0.2, 0) is 0 Å². The molecule has 2 amide bonds. The summed E-state index contributed by atoms with van der Waals surface area (Å²) in [7, 11) is 1.57. The largest absolute Gasteiger partial charge is 0.489 e. The lowest BCUT2D eigenvalue weighted by atomic mass is 9.87. The van der Waals surface area contributed by atoms with E-state index in [0.29, 0.717) is 23.4 Å². The molecular weight excluding hydrogens is 316 g/mol. The van der Waals surface area contributed by atoms with Gasteiger partial charge >= 0.3 is 0 Å². The van der Waals surface area contributed by atoms with E-state index in [1.807, 2.05) is 50.2 Å². The second-order valence-corrected chi connectivity index (χ2v) is 6.09. The Bertz CT molecular complexity index is 802. The molecule has 1 heterocycles. The molecule has 1 aliphatic heterocycles. The zero-order chi connectivity index (χ0) is 18.0. The molecule has 3 rings (SSSR count). The lowest BCUT2D eigenvalue weighted by Gasteiger charge is -2.15. The van der Waals surface area contributed by atoms with Crippen LogP contribution in [0.3, 0.4) is 0 Å². The highest BCUT2D eigenvalue weighted by molar-refractivity contribution is 6.02. The van der Waals surface area contributed by atoms with Crippen molar-refractivity contribution in [3.63, 3.8) is 0 Å². The Morgan fingerprint density at radius 3 is 2.48 bits per heavy atom. The van der Waals surface area contributed by atoms with Crippen molar-refractivity contribution in [1.82, 2.24) is 10.6 Å². The third kappa shape index (κ3) is 3.09. The van der Waals surface area contributed by atoms with E-state index >= 15 is 0 Å². The number of amides is 2. The van der Waals surface area contributed by atoms with Gasteiger partial charge in [0.25, 0.3) is 11.8 Å². The molecule has 5 nitrogen and oxygen atoms in total. The summed E-state index contributed by atoms with van der Waals surface area (Å²) in [5, 5.41) is 5.42. The summed E-state index contributed by atoms with van der Waals surface area (Å²) in [4.78, 5) is 24.7. The van der Waals surface area contributed by atoms with Crippen molar-refractivity contribution in [3.05, 3.63) is 64.7 Å². The maximum absolute atomic E-state index is 12.3. The van der Waals surface area contributed by atoms with Gasteiger partial charge in [0.15, 0.2) is 0 Å². The van der Waals surface area contributed by atoms with E-state index < -0.39 is 0 Å². The fourth-order valence-corrected chi connectivity index (χ4v) is 3.33. The molecule has 2 atom stereocenters. The van der Waals surface area contributed by atoms with Gasteiger partial charge in [-0.15, -0.1) is 0 Å². The Morgan fingerprint density at radius 2 is 1.84 bits per heavy atom. The molecule has 0 unspecified atom stereocenters. The highest BCUT2D eigenvalue weighted by Gasteiger charge is 2.36. The van der Waals surface area contributed by atoms with Crippen LogP contribution in [0.15, 0.2) is 42.5 Å². The second-order valence-electron chi connectivity index (χ2n) is 6.09. The molecule has 2 aromatic rings. The summed E-state index contributed by atoms with van der Waals surface area (Å²) in [6, 6.07) is 13.4. The van der Waals surface area contributed by atoms with Gasteiger partial charge in [0.1, 0.15) is 11.9 Å². The molecule has 1 aliphatic rings. The van der Waals surface area contributed by atoms with Gasteiger partial charge in [-0.05, 0) is 31.5 Å². The number of benzene rings is 2. The molecule has 0 radical (unpaired) electrons. The van der Waals surface area contributed by atoms with Crippen LogP contribution in [0.5, 0.6) is 5.75 Å². The highest BCUT2D eigenvalue weighted by atomic mass is 16.5. The molecule has 25 heavy (non-hydrogen) atoms. The third-order valence-electron chi connectivity index (χ3n) is 4.46. The number of nitrogens with one attached hydrogen (secondary N) is 2. The molecule has 130 valence electrons. The first kappa shape index (κ1) is 17.0. The lowest BCUT2D eigenvalue weighted by Crippen LogP contribution is -2.24. The molecule has 0 bridgehead atoms. The van der Waals surface area contributed by atoms with E-state index in [1.54, 1.807) is 13.1 Å². The average Bonchev–Trinajstić information content (AvgIpc) is 2.96. The summed E-state index contributed by atoms with van der Waals surface area (Å²) in [5.41, 5.74) is 2.84. The Morgan fingerprint density at radius 1 is 1.12 bits per heavy atom. The van der Waals surface area contributed by atoms with Crippen molar-refractivity contribution < 1.29 is 14.3 Å². The van der Waals surface area contributed by atoms with Crippen molar-refractivity contribution in [2.75, 3.05) is 13.6 Å². The van der Waals surface area contributed by atoms with Crippen LogP contribution in [-0.4, -0.2) is 31.5 Å². The number of hydrogen-bond donors (Lipinski definition) is 2. The topological polar surface area (TPSA) is 67.4 Å².